The highest BCUT2D eigenvalue weighted by Gasteiger charge is 2.46. The maximum atomic E-state index is 13.5. The monoisotopic (exact) mass is 442 g/mol. The lowest BCUT2D eigenvalue weighted by atomic mass is 9.92. The third kappa shape index (κ3) is 3.72. The maximum Gasteiger partial charge on any atom is 0.162 e. The molecule has 1 fully saturated rings. The molecule has 0 bridgehead atoms. The number of hydrogen-bond acceptors (Lipinski definition) is 7. The first-order valence-electron chi connectivity index (χ1n) is 9.02. The molecule has 0 spiro atoms. The summed E-state index contributed by atoms with van der Waals surface area (Å²) >= 11 is 0. The number of aliphatic hydroxyl groups excluding tert-OH is 3. The average Bonchev–Trinajstić information content (AvgIpc) is 3.26. The van der Waals surface area contributed by atoms with E-state index in [9.17, 15) is 24.1 Å². The van der Waals surface area contributed by atoms with Crippen LogP contribution in [0.3, 0.4) is 0 Å². The van der Waals surface area contributed by atoms with Gasteiger partial charge in [-0.2, -0.15) is 0 Å². The number of anilines is 1. The van der Waals surface area contributed by atoms with Gasteiger partial charge in [0, 0.05) is 12.1 Å². The van der Waals surface area contributed by atoms with E-state index in [1.54, 1.807) is 16.8 Å². The topological polar surface area (TPSA) is 113 Å². The van der Waals surface area contributed by atoms with Crippen LogP contribution in [0.1, 0.15) is 24.1 Å². The molecule has 11 heteroatoms. The van der Waals surface area contributed by atoms with Gasteiger partial charge in [0.2, 0.25) is 0 Å². The van der Waals surface area contributed by atoms with Crippen molar-refractivity contribution in [3.8, 4) is 0 Å². The third-order valence-electron chi connectivity index (χ3n) is 5.45. The van der Waals surface area contributed by atoms with Crippen molar-refractivity contribution in [3.63, 3.8) is 0 Å². The van der Waals surface area contributed by atoms with Crippen molar-refractivity contribution >= 4 is 29.3 Å². The van der Waals surface area contributed by atoms with Gasteiger partial charge >= 0.3 is 0 Å². The molecule has 0 aliphatic heterocycles. The van der Waals surface area contributed by atoms with E-state index < -0.39 is 41.9 Å². The molecular formula is C19H21ClF2N4O4. The van der Waals surface area contributed by atoms with Crippen molar-refractivity contribution in [2.75, 3.05) is 12.6 Å². The van der Waals surface area contributed by atoms with Gasteiger partial charge < -0.3 is 19.9 Å². The van der Waals surface area contributed by atoms with E-state index in [2.05, 4.69) is 15.4 Å². The minimum atomic E-state index is -1.28. The molecule has 1 aliphatic rings. The quantitative estimate of drug-likeness (QED) is 0.448. The number of aromatic nitrogens is 3. The Balaban J connectivity index is 0.00000256. The van der Waals surface area contributed by atoms with Crippen molar-refractivity contribution in [2.45, 2.75) is 30.8 Å². The second-order valence-corrected chi connectivity index (χ2v) is 7.06. The number of nitrogens with one attached hydrogen (secondary N) is 1. The van der Waals surface area contributed by atoms with Gasteiger partial charge in [-0.15, -0.1) is 12.4 Å². The molecule has 1 unspecified atom stereocenters. The highest BCUT2D eigenvalue weighted by Crippen LogP contribution is 2.43. The molecule has 0 radical (unpaired) electrons. The summed E-state index contributed by atoms with van der Waals surface area (Å²) in [6, 6.07) is 4.24. The van der Waals surface area contributed by atoms with Gasteiger partial charge in [0.25, 0.3) is 0 Å². The molecule has 2 heterocycles. The smallest absolute Gasteiger partial charge is 0.162 e. The van der Waals surface area contributed by atoms with Crippen LogP contribution in [0.5, 0.6) is 0 Å². The van der Waals surface area contributed by atoms with Crippen LogP contribution >= 0.6 is 12.4 Å². The average molecular weight is 443 g/mol. The molecule has 0 saturated heterocycles. The Kier molecular flexibility index (Phi) is 6.53. The van der Waals surface area contributed by atoms with Crippen LogP contribution in [0.4, 0.5) is 14.6 Å². The summed E-state index contributed by atoms with van der Waals surface area (Å²) in [7, 11) is 1.45. The second-order valence-electron chi connectivity index (χ2n) is 7.06. The fraction of sp³-hybridized carbons (Fsp3) is 0.368. The predicted octanol–water partition coefficient (Wildman–Crippen LogP) is 2.12. The van der Waals surface area contributed by atoms with Crippen LogP contribution in [0.15, 0.2) is 36.8 Å². The van der Waals surface area contributed by atoms with Gasteiger partial charge in [-0.3, -0.25) is 4.84 Å². The normalized spacial score (nSPS) is 24.6. The van der Waals surface area contributed by atoms with E-state index in [0.717, 1.165) is 12.1 Å². The SMILES string of the molecule is CONc1ncnc2c1ccn2[C@@H]1C[C@H](C(O)c2ccc(F)c(F)c2)[C@@H](O)[C@H]1O.Cl. The fourth-order valence-corrected chi connectivity index (χ4v) is 3.99. The van der Waals surface area contributed by atoms with Crippen molar-refractivity contribution in [1.29, 1.82) is 0 Å². The summed E-state index contributed by atoms with van der Waals surface area (Å²) < 4.78 is 28.4. The molecule has 1 saturated carbocycles. The molecule has 0 amide bonds. The largest absolute Gasteiger partial charge is 0.390 e. The summed E-state index contributed by atoms with van der Waals surface area (Å²) in [5.41, 5.74) is 3.29. The molecule has 1 aromatic carbocycles. The zero-order valence-electron chi connectivity index (χ0n) is 15.8. The van der Waals surface area contributed by atoms with Crippen molar-refractivity contribution in [2.24, 2.45) is 5.92 Å². The highest BCUT2D eigenvalue weighted by atomic mass is 35.5. The molecule has 5 atom stereocenters. The minimum absolute atomic E-state index is 0. The van der Waals surface area contributed by atoms with Crippen LogP contribution < -0.4 is 5.48 Å². The van der Waals surface area contributed by atoms with Crippen LogP contribution in [-0.4, -0.2) is 49.2 Å². The van der Waals surface area contributed by atoms with Gasteiger partial charge in [0.1, 0.15) is 18.1 Å². The van der Waals surface area contributed by atoms with Crippen LogP contribution in [0, 0.1) is 17.6 Å². The third-order valence-corrected chi connectivity index (χ3v) is 5.45. The van der Waals surface area contributed by atoms with E-state index >= 15 is 0 Å². The van der Waals surface area contributed by atoms with Crippen molar-refractivity contribution in [1.82, 2.24) is 14.5 Å². The first-order chi connectivity index (χ1) is 13.9. The van der Waals surface area contributed by atoms with E-state index in [4.69, 9.17) is 4.84 Å². The lowest BCUT2D eigenvalue weighted by Crippen LogP contribution is -2.31. The van der Waals surface area contributed by atoms with Gasteiger partial charge in [-0.25, -0.2) is 24.2 Å². The number of rotatable bonds is 5. The van der Waals surface area contributed by atoms with Gasteiger partial charge in [0.05, 0.1) is 30.7 Å². The fourth-order valence-electron chi connectivity index (χ4n) is 3.99. The summed E-state index contributed by atoms with van der Waals surface area (Å²) in [4.78, 5) is 13.2. The van der Waals surface area contributed by atoms with Crippen LogP contribution in [0.2, 0.25) is 0 Å². The van der Waals surface area contributed by atoms with E-state index in [-0.39, 0.29) is 24.4 Å². The number of nitrogens with zero attached hydrogens (tertiary/aromatic N) is 3. The van der Waals surface area contributed by atoms with Crippen LogP contribution in [0.25, 0.3) is 11.0 Å². The lowest BCUT2D eigenvalue weighted by Gasteiger charge is -2.22. The van der Waals surface area contributed by atoms with E-state index in [1.807, 2.05) is 0 Å². The summed E-state index contributed by atoms with van der Waals surface area (Å²) in [6.45, 7) is 0. The number of benzene rings is 1. The molecule has 4 rings (SSSR count). The van der Waals surface area contributed by atoms with Gasteiger partial charge in [-0.05, 0) is 30.2 Å². The predicted molar refractivity (Wildman–Crippen MR) is 106 cm³/mol. The van der Waals surface area contributed by atoms with E-state index in [1.165, 1.54) is 19.5 Å². The van der Waals surface area contributed by atoms with Gasteiger partial charge in [0.15, 0.2) is 17.5 Å². The molecule has 2 aromatic heterocycles. The first kappa shape index (κ1) is 22.3. The number of aliphatic hydroxyl groups is 3. The Morgan fingerprint density at radius 2 is 1.93 bits per heavy atom. The summed E-state index contributed by atoms with van der Waals surface area (Å²) in [6.07, 6.45) is -0.493. The number of hydrogen-bond donors (Lipinski definition) is 4. The molecule has 4 N–H and O–H groups in total. The van der Waals surface area contributed by atoms with Crippen molar-refractivity contribution < 1.29 is 28.9 Å². The number of halogens is 3. The van der Waals surface area contributed by atoms with E-state index in [0.29, 0.717) is 16.9 Å². The Labute approximate surface area is 176 Å². The first-order valence-corrected chi connectivity index (χ1v) is 9.02. The number of fused-ring (bicyclic) bond motifs is 1. The Hall–Kier alpha value is -2.37. The molecule has 8 nitrogen and oxygen atoms in total. The molecule has 30 heavy (non-hydrogen) atoms. The minimum Gasteiger partial charge on any atom is -0.390 e. The Morgan fingerprint density at radius 1 is 1.17 bits per heavy atom. The van der Waals surface area contributed by atoms with Crippen molar-refractivity contribution in [3.05, 3.63) is 54.0 Å². The maximum absolute atomic E-state index is 13.5. The van der Waals surface area contributed by atoms with Gasteiger partial charge in [-0.1, -0.05) is 6.07 Å². The Morgan fingerprint density at radius 3 is 2.63 bits per heavy atom. The zero-order valence-corrected chi connectivity index (χ0v) is 16.6. The zero-order chi connectivity index (χ0) is 20.7. The summed E-state index contributed by atoms with van der Waals surface area (Å²) in [5, 5.41) is 32.5. The standard InChI is InChI=1S/C19H20F2N4O4.ClH/c1-29-24-18-10-4-5-25(19(10)23-8-22-18)14-7-11(16(27)17(14)28)15(26)9-2-3-12(20)13(21)6-9;/h2-6,8,11,14-17,26-28H,7H2,1H3,(H,22,23,24);1H/t11-,14-,15?,16-,17+;/m1./s1. The van der Waals surface area contributed by atoms with Crippen LogP contribution in [-0.2, 0) is 4.84 Å². The lowest BCUT2D eigenvalue weighted by molar-refractivity contribution is -0.0265. The summed E-state index contributed by atoms with van der Waals surface area (Å²) in [5.74, 6) is -2.44. The molecular weight excluding hydrogens is 422 g/mol. The highest BCUT2D eigenvalue weighted by molar-refractivity contribution is 5.87. The second kappa shape index (κ2) is 8.78. The molecule has 1 aliphatic carbocycles. The Bertz CT molecular complexity index is 1040. The molecule has 162 valence electrons. The molecule has 3 aromatic rings.